The second-order valence-corrected chi connectivity index (χ2v) is 10.0. The molecule has 1 saturated carbocycles. The molecule has 0 aliphatic heterocycles. The van der Waals surface area contributed by atoms with Gasteiger partial charge in [0.05, 0.1) is 19.8 Å². The van der Waals surface area contributed by atoms with Gasteiger partial charge in [0, 0.05) is 12.0 Å². The molecule has 196 valence electrons. The van der Waals surface area contributed by atoms with Gasteiger partial charge in [0.25, 0.3) is 0 Å². The predicted molar refractivity (Wildman–Crippen MR) is 136 cm³/mol. The monoisotopic (exact) mass is 508 g/mol. The average Bonchev–Trinajstić information content (AvgIpc) is 3.56. The first-order valence-electron chi connectivity index (χ1n) is 12.2. The van der Waals surface area contributed by atoms with Gasteiger partial charge >= 0.3 is 12.1 Å². The summed E-state index contributed by atoms with van der Waals surface area (Å²) in [6.07, 6.45) is 1.86. The number of rotatable bonds is 10. The van der Waals surface area contributed by atoms with E-state index in [-0.39, 0.29) is 23.8 Å². The molecule has 37 heavy (non-hydrogen) atoms. The Labute approximate surface area is 215 Å². The Morgan fingerprint density at radius 1 is 1.14 bits per heavy atom. The molecule has 1 aliphatic rings. The van der Waals surface area contributed by atoms with Crippen molar-refractivity contribution < 1.29 is 33.3 Å². The van der Waals surface area contributed by atoms with Crippen LogP contribution in [0.25, 0.3) is 11.5 Å². The van der Waals surface area contributed by atoms with Crippen molar-refractivity contribution >= 4 is 12.1 Å². The van der Waals surface area contributed by atoms with E-state index in [9.17, 15) is 14.7 Å². The van der Waals surface area contributed by atoms with E-state index in [2.05, 4.69) is 10.3 Å². The molecule has 1 atom stereocenters. The summed E-state index contributed by atoms with van der Waals surface area (Å²) < 4.78 is 22.8. The van der Waals surface area contributed by atoms with E-state index in [1.807, 2.05) is 30.3 Å². The molecule has 1 aliphatic carbocycles. The molecule has 0 spiro atoms. The Kier molecular flexibility index (Phi) is 7.71. The number of ether oxygens (including phenoxy) is 3. The van der Waals surface area contributed by atoms with Crippen LogP contribution in [0.5, 0.6) is 11.5 Å². The van der Waals surface area contributed by atoms with Crippen LogP contribution in [0.2, 0.25) is 0 Å². The van der Waals surface area contributed by atoms with Gasteiger partial charge < -0.3 is 29.1 Å². The highest BCUT2D eigenvalue weighted by Crippen LogP contribution is 2.36. The SMILES string of the molecule is COc1ccc(-c2nc(C(=O)O)c([C@H](Cc3ccccc3)NC(=O)OC(C)(C)C)o2)cc1OCC1CC1. The highest BCUT2D eigenvalue weighted by Gasteiger charge is 2.30. The Hall–Kier alpha value is -4.01. The first kappa shape index (κ1) is 26.1. The zero-order valence-electron chi connectivity index (χ0n) is 21.4. The van der Waals surface area contributed by atoms with Crippen LogP contribution in [0.1, 0.15) is 61.5 Å². The summed E-state index contributed by atoms with van der Waals surface area (Å²) in [7, 11) is 1.56. The second-order valence-electron chi connectivity index (χ2n) is 10.0. The number of alkyl carbamates (subject to hydrolysis) is 1. The van der Waals surface area contributed by atoms with E-state index in [0.717, 1.165) is 18.4 Å². The lowest BCUT2D eigenvalue weighted by Gasteiger charge is -2.23. The van der Waals surface area contributed by atoms with Crippen molar-refractivity contribution in [2.75, 3.05) is 13.7 Å². The Balaban J connectivity index is 1.69. The van der Waals surface area contributed by atoms with Crippen LogP contribution < -0.4 is 14.8 Å². The summed E-state index contributed by atoms with van der Waals surface area (Å²) in [6, 6.07) is 13.7. The maximum Gasteiger partial charge on any atom is 0.408 e. The molecule has 2 aromatic carbocycles. The van der Waals surface area contributed by atoms with Gasteiger partial charge in [0.1, 0.15) is 5.60 Å². The zero-order valence-corrected chi connectivity index (χ0v) is 21.4. The van der Waals surface area contributed by atoms with E-state index < -0.39 is 23.7 Å². The van der Waals surface area contributed by atoms with Crippen LogP contribution in [-0.4, -0.2) is 41.5 Å². The van der Waals surface area contributed by atoms with Gasteiger partial charge in [-0.1, -0.05) is 30.3 Å². The summed E-state index contributed by atoms with van der Waals surface area (Å²) in [6.45, 7) is 5.83. The number of carbonyl (C=O) groups excluding carboxylic acids is 1. The molecule has 1 heterocycles. The number of carboxylic acids is 1. The van der Waals surface area contributed by atoms with Gasteiger partial charge in [0.15, 0.2) is 23.0 Å². The minimum Gasteiger partial charge on any atom is -0.493 e. The number of hydrogen-bond donors (Lipinski definition) is 2. The van der Waals surface area contributed by atoms with Crippen molar-refractivity contribution in [3.05, 3.63) is 65.5 Å². The molecule has 1 amide bonds. The van der Waals surface area contributed by atoms with Gasteiger partial charge in [-0.15, -0.1) is 0 Å². The molecule has 0 saturated heterocycles. The van der Waals surface area contributed by atoms with Gasteiger partial charge in [-0.2, -0.15) is 0 Å². The molecule has 3 aromatic rings. The smallest absolute Gasteiger partial charge is 0.408 e. The molecule has 9 heteroatoms. The standard InChI is InChI=1S/C28H32N2O7/c1-28(2,3)37-27(33)29-20(14-17-8-6-5-7-9-17)24-23(26(31)32)30-25(36-24)19-12-13-21(34-4)22(15-19)35-16-18-10-11-18/h5-9,12-13,15,18,20H,10-11,14,16H2,1-4H3,(H,29,33)(H,31,32)/t20-/m0/s1. The van der Waals surface area contributed by atoms with Crippen LogP contribution in [-0.2, 0) is 11.2 Å². The van der Waals surface area contributed by atoms with Crippen molar-refractivity contribution in [1.29, 1.82) is 0 Å². The first-order valence-corrected chi connectivity index (χ1v) is 12.2. The number of nitrogens with one attached hydrogen (secondary N) is 1. The fourth-order valence-corrected chi connectivity index (χ4v) is 3.77. The van der Waals surface area contributed by atoms with E-state index in [0.29, 0.717) is 29.6 Å². The summed E-state index contributed by atoms with van der Waals surface area (Å²) in [4.78, 5) is 29.1. The summed E-state index contributed by atoms with van der Waals surface area (Å²) in [5, 5.41) is 12.7. The van der Waals surface area contributed by atoms with Gasteiger partial charge in [-0.25, -0.2) is 14.6 Å². The fourth-order valence-electron chi connectivity index (χ4n) is 3.77. The van der Waals surface area contributed by atoms with Gasteiger partial charge in [-0.3, -0.25) is 0 Å². The van der Waals surface area contributed by atoms with Crippen LogP contribution >= 0.6 is 0 Å². The number of carboxylic acid groups (broad SMARTS) is 1. The second kappa shape index (κ2) is 10.9. The third-order valence-corrected chi connectivity index (χ3v) is 5.73. The van der Waals surface area contributed by atoms with E-state index in [1.54, 1.807) is 46.1 Å². The van der Waals surface area contributed by atoms with E-state index in [4.69, 9.17) is 18.6 Å². The maximum absolute atomic E-state index is 12.7. The topological polar surface area (TPSA) is 120 Å². The summed E-state index contributed by atoms with van der Waals surface area (Å²) in [5.41, 5.74) is 0.376. The number of benzene rings is 2. The predicted octanol–water partition coefficient (Wildman–Crippen LogP) is 5.65. The summed E-state index contributed by atoms with van der Waals surface area (Å²) in [5.74, 6) is 0.467. The molecular weight excluding hydrogens is 476 g/mol. The molecule has 2 N–H and O–H groups in total. The lowest BCUT2D eigenvalue weighted by atomic mass is 10.0. The minimum atomic E-state index is -1.27. The molecular formula is C28H32N2O7. The summed E-state index contributed by atoms with van der Waals surface area (Å²) >= 11 is 0. The Morgan fingerprint density at radius 3 is 2.49 bits per heavy atom. The third-order valence-electron chi connectivity index (χ3n) is 5.73. The minimum absolute atomic E-state index is 0.0217. The molecule has 9 nitrogen and oxygen atoms in total. The normalized spacial score (nSPS) is 14.1. The lowest BCUT2D eigenvalue weighted by Crippen LogP contribution is -2.36. The zero-order chi connectivity index (χ0) is 26.6. The van der Waals surface area contributed by atoms with Crippen molar-refractivity contribution in [1.82, 2.24) is 10.3 Å². The number of oxazole rings is 1. The van der Waals surface area contributed by atoms with E-state index >= 15 is 0 Å². The Morgan fingerprint density at radius 2 is 1.86 bits per heavy atom. The molecule has 0 radical (unpaired) electrons. The molecule has 0 bridgehead atoms. The number of carbonyl (C=O) groups is 2. The van der Waals surface area contributed by atoms with E-state index in [1.165, 1.54) is 0 Å². The molecule has 0 unspecified atom stereocenters. The highest BCUT2D eigenvalue weighted by molar-refractivity contribution is 5.87. The number of aromatic carboxylic acids is 1. The first-order chi connectivity index (χ1) is 17.6. The number of amides is 1. The largest absolute Gasteiger partial charge is 0.493 e. The quantitative estimate of drug-likeness (QED) is 0.361. The van der Waals surface area contributed by atoms with Crippen molar-refractivity contribution in [2.45, 2.75) is 51.7 Å². The van der Waals surface area contributed by atoms with Crippen molar-refractivity contribution in [2.24, 2.45) is 5.92 Å². The van der Waals surface area contributed by atoms with Crippen LogP contribution in [0.4, 0.5) is 4.79 Å². The fraction of sp³-hybridized carbons (Fsp3) is 0.393. The van der Waals surface area contributed by atoms with Crippen LogP contribution in [0.3, 0.4) is 0 Å². The maximum atomic E-state index is 12.7. The number of nitrogens with zero attached hydrogens (tertiary/aromatic N) is 1. The van der Waals surface area contributed by atoms with Gasteiger partial charge in [0.2, 0.25) is 5.89 Å². The molecule has 1 fully saturated rings. The van der Waals surface area contributed by atoms with Gasteiger partial charge in [-0.05, 0) is 63.3 Å². The lowest BCUT2D eigenvalue weighted by molar-refractivity contribution is 0.0493. The van der Waals surface area contributed by atoms with Crippen LogP contribution in [0, 0.1) is 5.92 Å². The van der Waals surface area contributed by atoms with Crippen molar-refractivity contribution in [3.63, 3.8) is 0 Å². The third kappa shape index (κ3) is 7.03. The highest BCUT2D eigenvalue weighted by atomic mass is 16.6. The molecule has 4 rings (SSSR count). The van der Waals surface area contributed by atoms with Crippen molar-refractivity contribution in [3.8, 4) is 23.0 Å². The molecule has 1 aromatic heterocycles. The average molecular weight is 509 g/mol. The van der Waals surface area contributed by atoms with Crippen LogP contribution in [0.15, 0.2) is 52.9 Å². The number of aromatic nitrogens is 1. The Bertz CT molecular complexity index is 1240. The number of methoxy groups -OCH3 is 1. The number of hydrogen-bond acceptors (Lipinski definition) is 7.